The zero-order chi connectivity index (χ0) is 13.8. The summed E-state index contributed by atoms with van der Waals surface area (Å²) in [6.45, 7) is 7.28. The van der Waals surface area contributed by atoms with Crippen LogP contribution in [0.2, 0.25) is 0 Å². The fourth-order valence-electron chi connectivity index (χ4n) is 2.73. The minimum absolute atomic E-state index is 0.0235. The lowest BCUT2D eigenvalue weighted by atomic mass is 9.95. The molecule has 1 unspecified atom stereocenters. The van der Waals surface area contributed by atoms with Gasteiger partial charge in [0.15, 0.2) is 5.82 Å². The van der Waals surface area contributed by atoms with Crippen LogP contribution in [0.1, 0.15) is 56.8 Å². The van der Waals surface area contributed by atoms with Gasteiger partial charge in [-0.15, -0.1) is 0 Å². The van der Waals surface area contributed by atoms with Gasteiger partial charge in [-0.2, -0.15) is 0 Å². The molecule has 1 aromatic heterocycles. The van der Waals surface area contributed by atoms with Crippen LogP contribution < -0.4 is 5.32 Å². The summed E-state index contributed by atoms with van der Waals surface area (Å²) in [5.41, 5.74) is 2.53. The molecule has 0 saturated carbocycles. The van der Waals surface area contributed by atoms with Gasteiger partial charge in [0, 0.05) is 24.9 Å². The zero-order valence-electron chi connectivity index (χ0n) is 12.5. The van der Waals surface area contributed by atoms with Crippen LogP contribution in [-0.4, -0.2) is 23.6 Å². The van der Waals surface area contributed by atoms with Gasteiger partial charge in [0.25, 0.3) is 0 Å². The first kappa shape index (κ1) is 14.3. The molecule has 4 nitrogen and oxygen atoms in total. The van der Waals surface area contributed by atoms with Gasteiger partial charge >= 0.3 is 0 Å². The van der Waals surface area contributed by atoms with E-state index in [1.54, 1.807) is 7.11 Å². The number of hydrogen-bond acceptors (Lipinski definition) is 4. The molecule has 2 rings (SSSR count). The quantitative estimate of drug-likeness (QED) is 0.886. The summed E-state index contributed by atoms with van der Waals surface area (Å²) in [4.78, 5) is 9.49. The maximum absolute atomic E-state index is 5.57. The van der Waals surface area contributed by atoms with Crippen LogP contribution in [0.4, 0.5) is 5.82 Å². The largest absolute Gasteiger partial charge is 0.373 e. The third kappa shape index (κ3) is 3.06. The van der Waals surface area contributed by atoms with E-state index in [4.69, 9.17) is 14.7 Å². The summed E-state index contributed by atoms with van der Waals surface area (Å²) >= 11 is 0. The lowest BCUT2D eigenvalue weighted by molar-refractivity contribution is 0.0573. The van der Waals surface area contributed by atoms with Crippen molar-refractivity contribution >= 4 is 5.82 Å². The van der Waals surface area contributed by atoms with E-state index in [9.17, 15) is 0 Å². The molecule has 0 fully saturated rings. The zero-order valence-corrected chi connectivity index (χ0v) is 12.5. The van der Waals surface area contributed by atoms with Crippen LogP contribution in [0.3, 0.4) is 0 Å². The Bertz CT molecular complexity index is 432. The lowest BCUT2D eigenvalue weighted by Crippen LogP contribution is -2.19. The number of anilines is 1. The van der Waals surface area contributed by atoms with E-state index in [-0.39, 0.29) is 6.10 Å². The molecule has 106 valence electrons. The van der Waals surface area contributed by atoms with Crippen molar-refractivity contribution in [1.29, 1.82) is 0 Å². The highest BCUT2D eigenvalue weighted by atomic mass is 16.5. The van der Waals surface area contributed by atoms with E-state index in [1.165, 1.54) is 24.1 Å². The maximum Gasteiger partial charge on any atom is 0.159 e. The van der Waals surface area contributed by atoms with E-state index >= 15 is 0 Å². The summed E-state index contributed by atoms with van der Waals surface area (Å²) < 4.78 is 5.57. The molecule has 0 radical (unpaired) electrons. The highest BCUT2D eigenvalue weighted by molar-refractivity contribution is 5.48. The molecule has 0 aliphatic heterocycles. The summed E-state index contributed by atoms with van der Waals surface area (Å²) in [7, 11) is 1.74. The van der Waals surface area contributed by atoms with Crippen LogP contribution in [0.15, 0.2) is 0 Å². The highest BCUT2D eigenvalue weighted by Crippen LogP contribution is 2.29. The van der Waals surface area contributed by atoms with E-state index in [0.29, 0.717) is 5.92 Å². The first-order chi connectivity index (χ1) is 9.17. The maximum atomic E-state index is 5.57. The average molecular weight is 263 g/mol. The Hall–Kier alpha value is -1.16. The number of hydrogen-bond donors (Lipinski definition) is 1. The molecule has 0 saturated heterocycles. The molecular formula is C15H25N3O. The second kappa shape index (κ2) is 6.33. The van der Waals surface area contributed by atoms with Crippen LogP contribution >= 0.6 is 0 Å². The number of fused-ring (bicyclic) bond motifs is 1. The number of nitrogens with one attached hydrogen (secondary N) is 1. The third-order valence-electron chi connectivity index (χ3n) is 3.66. The van der Waals surface area contributed by atoms with E-state index in [0.717, 1.165) is 31.0 Å². The van der Waals surface area contributed by atoms with Gasteiger partial charge < -0.3 is 10.1 Å². The van der Waals surface area contributed by atoms with Crippen LogP contribution in [0, 0.1) is 5.92 Å². The van der Waals surface area contributed by atoms with Crippen molar-refractivity contribution in [2.45, 2.75) is 52.6 Å². The third-order valence-corrected chi connectivity index (χ3v) is 3.66. The lowest BCUT2D eigenvalue weighted by Gasteiger charge is -2.23. The number of aryl methyl sites for hydroxylation is 1. The van der Waals surface area contributed by atoms with Crippen molar-refractivity contribution in [3.63, 3.8) is 0 Å². The first-order valence-corrected chi connectivity index (χ1v) is 7.33. The van der Waals surface area contributed by atoms with Gasteiger partial charge in [0.05, 0.1) is 0 Å². The fraction of sp³-hybridized carbons (Fsp3) is 0.733. The summed E-state index contributed by atoms with van der Waals surface area (Å²) in [6.07, 6.45) is 4.61. The van der Waals surface area contributed by atoms with Gasteiger partial charge in [0.2, 0.25) is 0 Å². The molecule has 1 aliphatic rings. The first-order valence-electron chi connectivity index (χ1n) is 7.33. The Morgan fingerprint density at radius 2 is 1.95 bits per heavy atom. The minimum atomic E-state index is -0.0235. The van der Waals surface area contributed by atoms with Crippen molar-refractivity contribution in [2.24, 2.45) is 5.92 Å². The van der Waals surface area contributed by atoms with Gasteiger partial charge in [0.1, 0.15) is 11.9 Å². The van der Waals surface area contributed by atoms with E-state index in [2.05, 4.69) is 26.1 Å². The second-order valence-corrected chi connectivity index (χ2v) is 5.49. The van der Waals surface area contributed by atoms with Crippen molar-refractivity contribution in [3.05, 3.63) is 17.1 Å². The SMILES string of the molecule is CCNc1nc(C(OC)C(C)C)nc2c1CCCC2. The predicted octanol–water partition coefficient (Wildman–Crippen LogP) is 3.13. The van der Waals surface area contributed by atoms with Gasteiger partial charge in [-0.3, -0.25) is 0 Å². The number of ether oxygens (including phenoxy) is 1. The summed E-state index contributed by atoms with van der Waals surface area (Å²) in [6, 6.07) is 0. The molecule has 1 N–H and O–H groups in total. The Balaban J connectivity index is 2.42. The normalized spacial score (nSPS) is 16.3. The Morgan fingerprint density at radius 3 is 2.58 bits per heavy atom. The molecule has 1 aliphatic carbocycles. The van der Waals surface area contributed by atoms with Gasteiger partial charge in [-0.05, 0) is 38.5 Å². The van der Waals surface area contributed by atoms with Crippen molar-refractivity contribution in [1.82, 2.24) is 9.97 Å². The monoisotopic (exact) mass is 263 g/mol. The molecule has 0 aromatic carbocycles. The number of aromatic nitrogens is 2. The Kier molecular flexibility index (Phi) is 4.75. The minimum Gasteiger partial charge on any atom is -0.373 e. The predicted molar refractivity (Wildman–Crippen MR) is 77.4 cm³/mol. The van der Waals surface area contributed by atoms with Crippen molar-refractivity contribution in [2.75, 3.05) is 19.0 Å². The van der Waals surface area contributed by atoms with E-state index < -0.39 is 0 Å². The molecule has 1 heterocycles. The molecule has 0 amide bonds. The molecular weight excluding hydrogens is 238 g/mol. The van der Waals surface area contributed by atoms with Crippen LogP contribution in [0.25, 0.3) is 0 Å². The molecule has 1 aromatic rings. The summed E-state index contributed by atoms with van der Waals surface area (Å²) in [5.74, 6) is 2.22. The molecule has 1 atom stereocenters. The van der Waals surface area contributed by atoms with Gasteiger partial charge in [-0.25, -0.2) is 9.97 Å². The second-order valence-electron chi connectivity index (χ2n) is 5.49. The Morgan fingerprint density at radius 1 is 1.21 bits per heavy atom. The molecule has 4 heteroatoms. The van der Waals surface area contributed by atoms with Crippen molar-refractivity contribution in [3.8, 4) is 0 Å². The summed E-state index contributed by atoms with van der Waals surface area (Å²) in [5, 5.41) is 3.39. The van der Waals surface area contributed by atoms with Gasteiger partial charge in [-0.1, -0.05) is 13.8 Å². The van der Waals surface area contributed by atoms with Crippen LogP contribution in [0.5, 0.6) is 0 Å². The molecule has 0 bridgehead atoms. The number of methoxy groups -OCH3 is 1. The highest BCUT2D eigenvalue weighted by Gasteiger charge is 2.23. The van der Waals surface area contributed by atoms with Crippen molar-refractivity contribution < 1.29 is 4.74 Å². The topological polar surface area (TPSA) is 47.0 Å². The average Bonchev–Trinajstić information content (AvgIpc) is 2.39. The Labute approximate surface area is 116 Å². The fourth-order valence-corrected chi connectivity index (χ4v) is 2.73. The van der Waals surface area contributed by atoms with Crippen LogP contribution in [-0.2, 0) is 17.6 Å². The number of rotatable bonds is 5. The smallest absolute Gasteiger partial charge is 0.159 e. The number of nitrogens with zero attached hydrogens (tertiary/aromatic N) is 2. The van der Waals surface area contributed by atoms with E-state index in [1.807, 2.05) is 0 Å². The molecule has 19 heavy (non-hydrogen) atoms. The standard InChI is InChI=1S/C15H25N3O/c1-5-16-14-11-8-6-7-9-12(11)17-15(18-14)13(19-4)10(2)3/h10,13H,5-9H2,1-4H3,(H,16,17,18). The molecule has 0 spiro atoms.